The smallest absolute Gasteiger partial charge is 0.222 e. The first-order valence-corrected chi connectivity index (χ1v) is 12.2. The molecule has 2 fully saturated rings. The summed E-state index contributed by atoms with van der Waals surface area (Å²) >= 11 is 0. The van der Waals surface area contributed by atoms with Gasteiger partial charge in [0.2, 0.25) is 5.91 Å². The van der Waals surface area contributed by atoms with Crippen LogP contribution >= 0.6 is 0 Å². The number of hydrogen-bond acceptors (Lipinski definition) is 4. The second-order valence-corrected chi connectivity index (χ2v) is 10.3. The largest absolute Gasteiger partial charge is 0.340 e. The Morgan fingerprint density at radius 1 is 0.897 bits per heavy atom. The highest BCUT2D eigenvalue weighted by molar-refractivity contribution is 7.91. The predicted molar refractivity (Wildman–Crippen MR) is 114 cm³/mol. The molecule has 1 atom stereocenters. The molecule has 29 heavy (non-hydrogen) atoms. The van der Waals surface area contributed by atoms with Gasteiger partial charge in [-0.1, -0.05) is 60.7 Å². The minimum Gasteiger partial charge on any atom is -0.340 e. The van der Waals surface area contributed by atoms with E-state index in [0.717, 1.165) is 13.1 Å². The van der Waals surface area contributed by atoms with Crippen LogP contribution in [0.25, 0.3) is 0 Å². The summed E-state index contributed by atoms with van der Waals surface area (Å²) in [6, 6.07) is 21.2. The standard InChI is InChI=1S/C23H28N2O3S/c26-22(17-19-11-16-29(27,28)18-19)24-12-14-25(15-13-24)23(20-7-3-1-4-8-20)21-9-5-2-6-10-21/h1-10,19,23H,11-18H2/t19-/m1/s1. The molecule has 6 heteroatoms. The Kier molecular flexibility index (Phi) is 6.01. The van der Waals surface area contributed by atoms with Crippen molar-refractivity contribution in [3.63, 3.8) is 0 Å². The van der Waals surface area contributed by atoms with Crippen molar-refractivity contribution in [2.45, 2.75) is 18.9 Å². The summed E-state index contributed by atoms with van der Waals surface area (Å²) < 4.78 is 23.3. The third-order valence-corrected chi connectivity index (χ3v) is 7.89. The Morgan fingerprint density at radius 2 is 1.45 bits per heavy atom. The number of amides is 1. The van der Waals surface area contributed by atoms with Gasteiger partial charge in [0.15, 0.2) is 9.84 Å². The molecule has 154 valence electrons. The number of carbonyl (C=O) groups is 1. The number of carbonyl (C=O) groups excluding carboxylic acids is 1. The van der Waals surface area contributed by atoms with Gasteiger partial charge in [0.05, 0.1) is 17.5 Å². The first-order chi connectivity index (χ1) is 14.0. The van der Waals surface area contributed by atoms with Crippen molar-refractivity contribution < 1.29 is 13.2 Å². The summed E-state index contributed by atoms with van der Waals surface area (Å²) in [7, 11) is -2.93. The molecule has 0 saturated carbocycles. The molecule has 0 spiro atoms. The number of nitrogens with zero attached hydrogens (tertiary/aromatic N) is 2. The maximum atomic E-state index is 12.7. The number of piperazine rings is 1. The van der Waals surface area contributed by atoms with Gasteiger partial charge in [-0.3, -0.25) is 9.69 Å². The number of benzene rings is 2. The highest BCUT2D eigenvalue weighted by Crippen LogP contribution is 2.30. The zero-order valence-electron chi connectivity index (χ0n) is 16.6. The van der Waals surface area contributed by atoms with Crippen LogP contribution in [0, 0.1) is 5.92 Å². The maximum Gasteiger partial charge on any atom is 0.222 e. The molecular weight excluding hydrogens is 384 g/mol. The van der Waals surface area contributed by atoms with Gasteiger partial charge in [-0.15, -0.1) is 0 Å². The van der Waals surface area contributed by atoms with Crippen LogP contribution in [0.5, 0.6) is 0 Å². The topological polar surface area (TPSA) is 57.7 Å². The summed E-state index contributed by atoms with van der Waals surface area (Å²) in [6.07, 6.45) is 0.984. The van der Waals surface area contributed by atoms with Crippen molar-refractivity contribution in [2.75, 3.05) is 37.7 Å². The van der Waals surface area contributed by atoms with E-state index in [-0.39, 0.29) is 29.4 Å². The van der Waals surface area contributed by atoms with Crippen LogP contribution in [0.1, 0.15) is 30.0 Å². The van der Waals surface area contributed by atoms with Gasteiger partial charge in [-0.25, -0.2) is 8.42 Å². The lowest BCUT2D eigenvalue weighted by Crippen LogP contribution is -2.50. The molecule has 2 aromatic rings. The van der Waals surface area contributed by atoms with Crippen LogP contribution in [0.2, 0.25) is 0 Å². The summed E-state index contributed by atoms with van der Waals surface area (Å²) in [5.74, 6) is 0.492. The molecule has 0 radical (unpaired) electrons. The van der Waals surface area contributed by atoms with Gasteiger partial charge >= 0.3 is 0 Å². The quantitative estimate of drug-likeness (QED) is 0.758. The average molecular weight is 413 g/mol. The number of hydrogen-bond donors (Lipinski definition) is 0. The monoisotopic (exact) mass is 412 g/mol. The van der Waals surface area contributed by atoms with E-state index >= 15 is 0 Å². The van der Waals surface area contributed by atoms with Crippen molar-refractivity contribution in [2.24, 2.45) is 5.92 Å². The van der Waals surface area contributed by atoms with Crippen LogP contribution in [0.3, 0.4) is 0 Å². The molecule has 0 aromatic heterocycles. The second-order valence-electron chi connectivity index (χ2n) is 8.11. The molecule has 2 aliphatic heterocycles. The lowest BCUT2D eigenvalue weighted by Gasteiger charge is -2.40. The van der Waals surface area contributed by atoms with E-state index in [4.69, 9.17) is 0 Å². The summed E-state index contributed by atoms with van der Waals surface area (Å²) in [5.41, 5.74) is 2.52. The molecular formula is C23H28N2O3S. The normalized spacial score (nSPS) is 22.1. The van der Waals surface area contributed by atoms with Gasteiger partial charge in [-0.05, 0) is 23.5 Å². The Morgan fingerprint density at radius 3 is 1.93 bits per heavy atom. The minimum atomic E-state index is -2.93. The molecule has 0 aliphatic carbocycles. The fraction of sp³-hybridized carbons (Fsp3) is 0.435. The Bertz CT molecular complexity index is 884. The fourth-order valence-electron chi connectivity index (χ4n) is 4.52. The number of rotatable bonds is 5. The molecule has 0 unspecified atom stereocenters. The van der Waals surface area contributed by atoms with Gasteiger partial charge in [0.1, 0.15) is 0 Å². The van der Waals surface area contributed by atoms with E-state index in [1.807, 2.05) is 17.0 Å². The Labute approximate surface area is 173 Å². The third-order valence-electron chi connectivity index (χ3n) is 6.05. The van der Waals surface area contributed by atoms with Gasteiger partial charge < -0.3 is 4.90 Å². The minimum absolute atomic E-state index is 0.00749. The predicted octanol–water partition coefficient (Wildman–Crippen LogP) is 2.75. The van der Waals surface area contributed by atoms with Crippen molar-refractivity contribution in [3.8, 4) is 0 Å². The van der Waals surface area contributed by atoms with Crippen molar-refractivity contribution in [1.82, 2.24) is 9.80 Å². The van der Waals surface area contributed by atoms with Crippen LogP contribution in [-0.4, -0.2) is 61.8 Å². The van der Waals surface area contributed by atoms with Crippen molar-refractivity contribution >= 4 is 15.7 Å². The highest BCUT2D eigenvalue weighted by Gasteiger charge is 2.32. The number of sulfone groups is 1. The van der Waals surface area contributed by atoms with Crippen LogP contribution in [-0.2, 0) is 14.6 Å². The second kappa shape index (κ2) is 8.67. The van der Waals surface area contributed by atoms with Crippen LogP contribution < -0.4 is 0 Å². The van der Waals surface area contributed by atoms with E-state index < -0.39 is 9.84 Å². The summed E-state index contributed by atoms with van der Waals surface area (Å²) in [5, 5.41) is 0. The molecule has 1 amide bonds. The zero-order chi connectivity index (χ0) is 20.3. The Balaban J connectivity index is 1.41. The maximum absolute atomic E-state index is 12.7. The molecule has 0 bridgehead atoms. The molecule has 0 N–H and O–H groups in total. The summed E-state index contributed by atoms with van der Waals surface area (Å²) in [4.78, 5) is 17.0. The average Bonchev–Trinajstić information content (AvgIpc) is 3.08. The first kappa shape index (κ1) is 20.1. The third kappa shape index (κ3) is 4.87. The molecule has 4 rings (SSSR count). The van der Waals surface area contributed by atoms with Gasteiger partial charge in [0, 0.05) is 32.6 Å². The van der Waals surface area contributed by atoms with Crippen molar-refractivity contribution in [3.05, 3.63) is 71.8 Å². The zero-order valence-corrected chi connectivity index (χ0v) is 17.4. The van der Waals surface area contributed by atoms with E-state index in [2.05, 4.69) is 53.4 Å². The Hall–Kier alpha value is -2.18. The molecule has 2 aliphatic rings. The molecule has 2 aromatic carbocycles. The SMILES string of the molecule is O=C(C[C@H]1CCS(=O)(=O)C1)N1CCN(C(c2ccccc2)c2ccccc2)CC1. The first-order valence-electron chi connectivity index (χ1n) is 10.3. The van der Waals surface area contributed by atoms with Gasteiger partial charge in [0.25, 0.3) is 0 Å². The van der Waals surface area contributed by atoms with E-state index in [9.17, 15) is 13.2 Å². The fourth-order valence-corrected chi connectivity index (χ4v) is 6.39. The van der Waals surface area contributed by atoms with E-state index in [1.165, 1.54) is 11.1 Å². The molecule has 2 heterocycles. The lowest BCUT2D eigenvalue weighted by atomic mass is 9.96. The molecule has 2 saturated heterocycles. The van der Waals surface area contributed by atoms with E-state index in [1.54, 1.807) is 0 Å². The lowest BCUT2D eigenvalue weighted by molar-refractivity contribution is -0.134. The van der Waals surface area contributed by atoms with Crippen LogP contribution in [0.15, 0.2) is 60.7 Å². The van der Waals surface area contributed by atoms with Gasteiger partial charge in [-0.2, -0.15) is 0 Å². The van der Waals surface area contributed by atoms with Crippen molar-refractivity contribution in [1.29, 1.82) is 0 Å². The van der Waals surface area contributed by atoms with E-state index in [0.29, 0.717) is 25.9 Å². The van der Waals surface area contributed by atoms with Crippen LogP contribution in [0.4, 0.5) is 0 Å². The highest BCUT2D eigenvalue weighted by atomic mass is 32.2. The molecule has 5 nitrogen and oxygen atoms in total. The summed E-state index contributed by atoms with van der Waals surface area (Å²) in [6.45, 7) is 3.00.